The molecule has 134 valence electrons. The van der Waals surface area contributed by atoms with Gasteiger partial charge < -0.3 is 10.1 Å². The lowest BCUT2D eigenvalue weighted by molar-refractivity contribution is 0.386. The average molecular weight is 352 g/mol. The van der Waals surface area contributed by atoms with Crippen LogP contribution in [0.3, 0.4) is 0 Å². The molecule has 3 aromatic rings. The van der Waals surface area contributed by atoms with Crippen LogP contribution in [0.4, 0.5) is 4.39 Å². The number of rotatable bonds is 6. The molecule has 0 aliphatic heterocycles. The van der Waals surface area contributed by atoms with E-state index in [1.54, 1.807) is 18.5 Å². The first-order valence-electron chi connectivity index (χ1n) is 8.38. The molecule has 6 heteroatoms. The van der Waals surface area contributed by atoms with Gasteiger partial charge in [-0.05, 0) is 43.7 Å². The van der Waals surface area contributed by atoms with E-state index in [4.69, 9.17) is 4.74 Å². The van der Waals surface area contributed by atoms with Crippen molar-refractivity contribution in [1.82, 2.24) is 20.3 Å². The van der Waals surface area contributed by atoms with E-state index in [9.17, 15) is 4.39 Å². The van der Waals surface area contributed by atoms with Crippen LogP contribution in [-0.2, 0) is 6.54 Å². The van der Waals surface area contributed by atoms with E-state index in [1.807, 2.05) is 38.2 Å². The molecule has 1 N–H and O–H groups in total. The summed E-state index contributed by atoms with van der Waals surface area (Å²) in [4.78, 5) is 13.1. The molecule has 0 bridgehead atoms. The maximum absolute atomic E-state index is 13.8. The minimum absolute atomic E-state index is 0.0339. The lowest BCUT2D eigenvalue weighted by atomic mass is 10.1. The van der Waals surface area contributed by atoms with Gasteiger partial charge >= 0.3 is 0 Å². The SMILES string of the molecule is COc1ccc(CN[C@H](C)c2cnc(-c3ccncc3)nc2C)cc1F. The van der Waals surface area contributed by atoms with Gasteiger partial charge in [0.2, 0.25) is 0 Å². The fourth-order valence-electron chi connectivity index (χ4n) is 2.74. The molecule has 26 heavy (non-hydrogen) atoms. The van der Waals surface area contributed by atoms with Crippen LogP contribution >= 0.6 is 0 Å². The summed E-state index contributed by atoms with van der Waals surface area (Å²) in [5, 5.41) is 3.38. The third-order valence-corrected chi connectivity index (χ3v) is 4.25. The van der Waals surface area contributed by atoms with Gasteiger partial charge in [0, 0.05) is 48.0 Å². The molecule has 2 aromatic heterocycles. The normalized spacial score (nSPS) is 12.0. The van der Waals surface area contributed by atoms with Gasteiger partial charge in [0.05, 0.1) is 7.11 Å². The molecule has 0 fully saturated rings. The second kappa shape index (κ2) is 8.01. The highest BCUT2D eigenvalue weighted by Gasteiger charge is 2.12. The Morgan fingerprint density at radius 2 is 1.96 bits per heavy atom. The quantitative estimate of drug-likeness (QED) is 0.730. The van der Waals surface area contributed by atoms with Crippen LogP contribution in [0.1, 0.15) is 29.8 Å². The first-order chi connectivity index (χ1) is 12.6. The summed E-state index contributed by atoms with van der Waals surface area (Å²) < 4.78 is 18.7. The predicted molar refractivity (Wildman–Crippen MR) is 98.2 cm³/mol. The summed E-state index contributed by atoms with van der Waals surface area (Å²) in [6, 6.07) is 8.76. The number of aromatic nitrogens is 3. The summed E-state index contributed by atoms with van der Waals surface area (Å²) in [6.07, 6.45) is 5.28. The van der Waals surface area contributed by atoms with Crippen molar-refractivity contribution in [3.63, 3.8) is 0 Å². The third-order valence-electron chi connectivity index (χ3n) is 4.25. The molecule has 0 aliphatic carbocycles. The number of aryl methyl sites for hydroxylation is 1. The third kappa shape index (κ3) is 4.03. The minimum Gasteiger partial charge on any atom is -0.494 e. The van der Waals surface area contributed by atoms with Crippen LogP contribution in [0.15, 0.2) is 48.9 Å². The van der Waals surface area contributed by atoms with Gasteiger partial charge in [-0.15, -0.1) is 0 Å². The van der Waals surface area contributed by atoms with Gasteiger partial charge in [-0.1, -0.05) is 6.07 Å². The largest absolute Gasteiger partial charge is 0.494 e. The van der Waals surface area contributed by atoms with E-state index in [-0.39, 0.29) is 17.6 Å². The number of benzene rings is 1. The van der Waals surface area contributed by atoms with Crippen molar-refractivity contribution in [2.75, 3.05) is 7.11 Å². The molecular weight excluding hydrogens is 331 g/mol. The van der Waals surface area contributed by atoms with E-state index >= 15 is 0 Å². The van der Waals surface area contributed by atoms with Crippen molar-refractivity contribution in [2.24, 2.45) is 0 Å². The highest BCUT2D eigenvalue weighted by atomic mass is 19.1. The summed E-state index contributed by atoms with van der Waals surface area (Å²) >= 11 is 0. The first kappa shape index (κ1) is 17.9. The highest BCUT2D eigenvalue weighted by molar-refractivity contribution is 5.53. The Kier molecular flexibility index (Phi) is 5.53. The van der Waals surface area contributed by atoms with Gasteiger partial charge in [0.1, 0.15) is 0 Å². The molecule has 0 saturated heterocycles. The standard InChI is InChI=1S/C20H21FN4O/c1-13(23-11-15-4-5-19(26-3)18(21)10-15)17-12-24-20(25-14(17)2)16-6-8-22-9-7-16/h4-10,12-13,23H,11H2,1-3H3/t13-/m1/s1. The Morgan fingerprint density at radius 1 is 1.19 bits per heavy atom. The molecule has 5 nitrogen and oxygen atoms in total. The lowest BCUT2D eigenvalue weighted by Crippen LogP contribution is -2.20. The van der Waals surface area contributed by atoms with Crippen LogP contribution in [0.25, 0.3) is 11.4 Å². The number of methoxy groups -OCH3 is 1. The number of pyridine rings is 1. The smallest absolute Gasteiger partial charge is 0.165 e. The van der Waals surface area contributed by atoms with E-state index in [2.05, 4.69) is 20.3 Å². The van der Waals surface area contributed by atoms with Crippen LogP contribution in [0.5, 0.6) is 5.75 Å². The molecular formula is C20H21FN4O. The number of nitrogens with one attached hydrogen (secondary N) is 1. The molecule has 3 rings (SSSR count). The maximum atomic E-state index is 13.8. The van der Waals surface area contributed by atoms with E-state index in [0.29, 0.717) is 12.4 Å². The number of hydrogen-bond donors (Lipinski definition) is 1. The Bertz CT molecular complexity index is 886. The zero-order valence-electron chi connectivity index (χ0n) is 15.0. The molecule has 0 unspecified atom stereocenters. The topological polar surface area (TPSA) is 59.9 Å². The Labute approximate surface area is 152 Å². The van der Waals surface area contributed by atoms with Gasteiger partial charge in [-0.25, -0.2) is 14.4 Å². The average Bonchev–Trinajstić information content (AvgIpc) is 2.67. The zero-order valence-corrected chi connectivity index (χ0v) is 15.0. The van der Waals surface area contributed by atoms with E-state index < -0.39 is 0 Å². The molecule has 1 aromatic carbocycles. The van der Waals surface area contributed by atoms with Gasteiger partial charge in [-0.2, -0.15) is 0 Å². The Balaban J connectivity index is 1.70. The molecule has 0 amide bonds. The Morgan fingerprint density at radius 3 is 2.62 bits per heavy atom. The lowest BCUT2D eigenvalue weighted by Gasteiger charge is -2.16. The van der Waals surface area contributed by atoms with E-state index in [0.717, 1.165) is 22.4 Å². The number of halogens is 1. The van der Waals surface area contributed by atoms with Crippen LogP contribution in [0, 0.1) is 12.7 Å². The van der Waals surface area contributed by atoms with Crippen molar-refractivity contribution >= 4 is 0 Å². The molecule has 0 aliphatic rings. The molecule has 0 saturated carbocycles. The van der Waals surface area contributed by atoms with Crippen molar-refractivity contribution in [1.29, 1.82) is 0 Å². The summed E-state index contributed by atoms with van der Waals surface area (Å²) in [5.41, 5.74) is 3.70. The monoisotopic (exact) mass is 352 g/mol. The summed E-state index contributed by atoms with van der Waals surface area (Å²) in [5.74, 6) is 0.566. The fourth-order valence-corrected chi connectivity index (χ4v) is 2.74. The van der Waals surface area contributed by atoms with Gasteiger partial charge in [0.25, 0.3) is 0 Å². The second-order valence-corrected chi connectivity index (χ2v) is 6.04. The van der Waals surface area contributed by atoms with Crippen molar-refractivity contribution < 1.29 is 9.13 Å². The maximum Gasteiger partial charge on any atom is 0.165 e. The van der Waals surface area contributed by atoms with Crippen LogP contribution < -0.4 is 10.1 Å². The fraction of sp³-hybridized carbons (Fsp3) is 0.250. The minimum atomic E-state index is -0.360. The first-order valence-corrected chi connectivity index (χ1v) is 8.38. The summed E-state index contributed by atoms with van der Waals surface area (Å²) in [6.45, 7) is 4.54. The van der Waals surface area contributed by atoms with Crippen molar-refractivity contribution in [2.45, 2.75) is 26.4 Å². The molecule has 0 radical (unpaired) electrons. The number of ether oxygens (including phenoxy) is 1. The number of nitrogens with zero attached hydrogens (tertiary/aromatic N) is 3. The van der Waals surface area contributed by atoms with E-state index in [1.165, 1.54) is 13.2 Å². The van der Waals surface area contributed by atoms with Crippen molar-refractivity contribution in [3.05, 3.63) is 71.6 Å². The summed E-state index contributed by atoms with van der Waals surface area (Å²) in [7, 11) is 1.46. The number of hydrogen-bond acceptors (Lipinski definition) is 5. The predicted octanol–water partition coefficient (Wildman–Crippen LogP) is 3.85. The zero-order chi connectivity index (χ0) is 18.5. The molecule has 0 spiro atoms. The molecule has 1 atom stereocenters. The van der Waals surface area contributed by atoms with Crippen LogP contribution in [0.2, 0.25) is 0 Å². The van der Waals surface area contributed by atoms with Gasteiger partial charge in [-0.3, -0.25) is 4.98 Å². The van der Waals surface area contributed by atoms with Crippen molar-refractivity contribution in [3.8, 4) is 17.1 Å². The van der Waals surface area contributed by atoms with Crippen LogP contribution in [-0.4, -0.2) is 22.1 Å². The van der Waals surface area contributed by atoms with Gasteiger partial charge in [0.15, 0.2) is 17.4 Å². The second-order valence-electron chi connectivity index (χ2n) is 6.04. The molecule has 2 heterocycles. The Hall–Kier alpha value is -2.86. The highest BCUT2D eigenvalue weighted by Crippen LogP contribution is 2.21.